The van der Waals surface area contributed by atoms with E-state index in [0.717, 1.165) is 6.42 Å². The maximum absolute atomic E-state index is 12.2. The summed E-state index contributed by atoms with van der Waals surface area (Å²) in [7, 11) is 0. The van der Waals surface area contributed by atoms with Crippen LogP contribution in [0.4, 0.5) is 0 Å². The van der Waals surface area contributed by atoms with Crippen LogP contribution in [0, 0.1) is 5.92 Å². The fourth-order valence-electron chi connectivity index (χ4n) is 1.81. The van der Waals surface area contributed by atoms with Crippen LogP contribution in [0.15, 0.2) is 48.7 Å². The van der Waals surface area contributed by atoms with Crippen LogP contribution >= 0.6 is 0 Å². The smallest absolute Gasteiger partial charge is 0.256 e. The third-order valence-electron chi connectivity index (χ3n) is 2.98. The molecule has 1 aromatic carbocycles. The standard InChI is InChI=1S/C17H20N2O2/c1-13(2)10-12-18-16(20)15-9-6-11-19-17(15)21-14-7-4-3-5-8-14/h3-9,11,13H,10,12H2,1-2H3,(H,18,20). The minimum Gasteiger partial charge on any atom is -0.438 e. The third kappa shape index (κ3) is 4.60. The van der Waals surface area contributed by atoms with E-state index in [0.29, 0.717) is 29.7 Å². The average molecular weight is 284 g/mol. The van der Waals surface area contributed by atoms with Gasteiger partial charge in [-0.15, -0.1) is 0 Å². The first-order valence-corrected chi connectivity index (χ1v) is 7.13. The van der Waals surface area contributed by atoms with E-state index < -0.39 is 0 Å². The molecule has 2 aromatic rings. The Kier molecular flexibility index (Phi) is 5.32. The Labute approximate surface area is 125 Å². The lowest BCUT2D eigenvalue weighted by Crippen LogP contribution is -2.25. The van der Waals surface area contributed by atoms with Crippen molar-refractivity contribution in [1.82, 2.24) is 10.3 Å². The van der Waals surface area contributed by atoms with Gasteiger partial charge in [-0.25, -0.2) is 4.98 Å². The van der Waals surface area contributed by atoms with Crippen molar-refractivity contribution in [1.29, 1.82) is 0 Å². The zero-order valence-corrected chi connectivity index (χ0v) is 12.4. The van der Waals surface area contributed by atoms with Gasteiger partial charge in [0.15, 0.2) is 0 Å². The molecule has 0 atom stereocenters. The molecule has 1 amide bonds. The van der Waals surface area contributed by atoms with Crippen LogP contribution in [-0.2, 0) is 0 Å². The predicted octanol–water partition coefficient (Wildman–Crippen LogP) is 3.65. The summed E-state index contributed by atoms with van der Waals surface area (Å²) in [6.45, 7) is 4.90. The number of hydrogen-bond acceptors (Lipinski definition) is 3. The van der Waals surface area contributed by atoms with Crippen LogP contribution in [0.2, 0.25) is 0 Å². The van der Waals surface area contributed by atoms with Gasteiger partial charge < -0.3 is 10.1 Å². The molecule has 2 rings (SSSR count). The molecule has 0 radical (unpaired) electrons. The summed E-state index contributed by atoms with van der Waals surface area (Å²) in [4.78, 5) is 16.4. The summed E-state index contributed by atoms with van der Waals surface area (Å²) in [5.41, 5.74) is 0.449. The van der Waals surface area contributed by atoms with Crippen molar-refractivity contribution in [2.75, 3.05) is 6.54 Å². The number of carbonyl (C=O) groups is 1. The fraction of sp³-hybridized carbons (Fsp3) is 0.294. The van der Waals surface area contributed by atoms with Crippen molar-refractivity contribution in [3.63, 3.8) is 0 Å². The van der Waals surface area contributed by atoms with Gasteiger partial charge in [0, 0.05) is 12.7 Å². The first-order chi connectivity index (χ1) is 10.2. The number of nitrogens with one attached hydrogen (secondary N) is 1. The van der Waals surface area contributed by atoms with Gasteiger partial charge in [-0.3, -0.25) is 4.79 Å². The number of amides is 1. The number of para-hydroxylation sites is 1. The van der Waals surface area contributed by atoms with E-state index >= 15 is 0 Å². The van der Waals surface area contributed by atoms with E-state index in [2.05, 4.69) is 24.1 Å². The molecule has 0 saturated carbocycles. The number of hydrogen-bond donors (Lipinski definition) is 1. The number of ether oxygens (including phenoxy) is 1. The highest BCUT2D eigenvalue weighted by Crippen LogP contribution is 2.22. The molecule has 0 saturated heterocycles. The fourth-order valence-corrected chi connectivity index (χ4v) is 1.81. The van der Waals surface area contributed by atoms with Crippen LogP contribution in [0.5, 0.6) is 11.6 Å². The molecule has 110 valence electrons. The first-order valence-electron chi connectivity index (χ1n) is 7.13. The highest BCUT2D eigenvalue weighted by atomic mass is 16.5. The molecule has 1 aromatic heterocycles. The highest BCUT2D eigenvalue weighted by molar-refractivity contribution is 5.96. The normalized spacial score (nSPS) is 10.4. The second kappa shape index (κ2) is 7.43. The molecule has 0 aliphatic heterocycles. The Hall–Kier alpha value is -2.36. The lowest BCUT2D eigenvalue weighted by molar-refractivity contribution is 0.0949. The summed E-state index contributed by atoms with van der Waals surface area (Å²) in [6.07, 6.45) is 2.56. The highest BCUT2D eigenvalue weighted by Gasteiger charge is 2.13. The predicted molar refractivity (Wildman–Crippen MR) is 82.5 cm³/mol. The van der Waals surface area contributed by atoms with E-state index in [1.165, 1.54) is 0 Å². The van der Waals surface area contributed by atoms with Crippen molar-refractivity contribution >= 4 is 5.91 Å². The molecular weight excluding hydrogens is 264 g/mol. The topological polar surface area (TPSA) is 51.2 Å². The molecule has 0 fully saturated rings. The minimum absolute atomic E-state index is 0.158. The van der Waals surface area contributed by atoms with E-state index in [1.807, 2.05) is 30.3 Å². The molecule has 0 spiro atoms. The Morgan fingerprint density at radius 2 is 1.95 bits per heavy atom. The van der Waals surface area contributed by atoms with E-state index in [9.17, 15) is 4.79 Å². The molecule has 1 heterocycles. The summed E-state index contributed by atoms with van der Waals surface area (Å²) in [5, 5.41) is 2.90. The first kappa shape index (κ1) is 15.0. The zero-order chi connectivity index (χ0) is 15.1. The van der Waals surface area contributed by atoms with Crippen LogP contribution in [0.3, 0.4) is 0 Å². The molecule has 4 heteroatoms. The van der Waals surface area contributed by atoms with E-state index in [-0.39, 0.29) is 5.91 Å². The van der Waals surface area contributed by atoms with Crippen molar-refractivity contribution in [2.45, 2.75) is 20.3 Å². The van der Waals surface area contributed by atoms with Crippen LogP contribution in [0.25, 0.3) is 0 Å². The minimum atomic E-state index is -0.158. The van der Waals surface area contributed by atoms with Gasteiger partial charge in [-0.05, 0) is 36.6 Å². The lowest BCUT2D eigenvalue weighted by Gasteiger charge is -2.11. The monoisotopic (exact) mass is 284 g/mol. The molecule has 0 bridgehead atoms. The number of carbonyl (C=O) groups excluding carboxylic acids is 1. The van der Waals surface area contributed by atoms with E-state index in [4.69, 9.17) is 4.74 Å². The van der Waals surface area contributed by atoms with Crippen LogP contribution in [-0.4, -0.2) is 17.4 Å². The maximum Gasteiger partial charge on any atom is 0.256 e. The van der Waals surface area contributed by atoms with E-state index in [1.54, 1.807) is 18.3 Å². The van der Waals surface area contributed by atoms with Gasteiger partial charge in [0.25, 0.3) is 5.91 Å². The zero-order valence-electron chi connectivity index (χ0n) is 12.4. The Bertz CT molecular complexity index is 582. The quantitative estimate of drug-likeness (QED) is 0.881. The Morgan fingerprint density at radius 3 is 2.67 bits per heavy atom. The second-order valence-electron chi connectivity index (χ2n) is 5.21. The number of nitrogens with zero attached hydrogens (tertiary/aromatic N) is 1. The molecule has 1 N–H and O–H groups in total. The maximum atomic E-state index is 12.2. The van der Waals surface area contributed by atoms with Gasteiger partial charge >= 0.3 is 0 Å². The summed E-state index contributed by atoms with van der Waals surface area (Å²) in [5.74, 6) is 1.38. The number of rotatable bonds is 6. The second-order valence-corrected chi connectivity index (χ2v) is 5.21. The summed E-state index contributed by atoms with van der Waals surface area (Å²) >= 11 is 0. The summed E-state index contributed by atoms with van der Waals surface area (Å²) < 4.78 is 5.69. The van der Waals surface area contributed by atoms with Crippen LogP contribution in [0.1, 0.15) is 30.6 Å². The van der Waals surface area contributed by atoms with Gasteiger partial charge in [0.2, 0.25) is 5.88 Å². The van der Waals surface area contributed by atoms with Crippen LogP contribution < -0.4 is 10.1 Å². The Morgan fingerprint density at radius 1 is 1.19 bits per heavy atom. The van der Waals surface area contributed by atoms with Crippen molar-refractivity contribution < 1.29 is 9.53 Å². The molecule has 21 heavy (non-hydrogen) atoms. The SMILES string of the molecule is CC(C)CCNC(=O)c1cccnc1Oc1ccccc1. The molecule has 0 unspecified atom stereocenters. The average Bonchev–Trinajstić information content (AvgIpc) is 2.48. The van der Waals surface area contributed by atoms with Gasteiger partial charge in [0.05, 0.1) is 0 Å². The lowest BCUT2D eigenvalue weighted by atomic mass is 10.1. The number of aromatic nitrogens is 1. The van der Waals surface area contributed by atoms with Gasteiger partial charge in [-0.1, -0.05) is 32.0 Å². The number of pyridine rings is 1. The molecule has 4 nitrogen and oxygen atoms in total. The Balaban J connectivity index is 2.07. The molecule has 0 aliphatic rings. The summed E-state index contributed by atoms with van der Waals surface area (Å²) in [6, 6.07) is 12.8. The van der Waals surface area contributed by atoms with Gasteiger partial charge in [-0.2, -0.15) is 0 Å². The van der Waals surface area contributed by atoms with Crippen molar-refractivity contribution in [3.8, 4) is 11.6 Å². The van der Waals surface area contributed by atoms with Gasteiger partial charge in [0.1, 0.15) is 11.3 Å². The van der Waals surface area contributed by atoms with Crippen molar-refractivity contribution in [3.05, 3.63) is 54.2 Å². The molecule has 0 aliphatic carbocycles. The number of benzene rings is 1. The van der Waals surface area contributed by atoms with Crippen molar-refractivity contribution in [2.24, 2.45) is 5.92 Å². The molecular formula is C17H20N2O2. The largest absolute Gasteiger partial charge is 0.438 e. The third-order valence-corrected chi connectivity index (χ3v) is 2.98.